The average molecular weight is 503 g/mol. The number of furan rings is 1. The van der Waals surface area contributed by atoms with Crippen LogP contribution in [-0.2, 0) is 14.3 Å². The molecule has 3 aromatic rings. The number of nitrogens with zero attached hydrogens (tertiary/aromatic N) is 2. The molecular formula is C24H27BrN2O5. The van der Waals surface area contributed by atoms with Gasteiger partial charge in [-0.2, -0.15) is 0 Å². The summed E-state index contributed by atoms with van der Waals surface area (Å²) in [6.07, 6.45) is 4.69. The van der Waals surface area contributed by atoms with Gasteiger partial charge in [-0.3, -0.25) is 0 Å². The number of halogens is 1. The Hall–Kier alpha value is -2.45. The molecule has 2 atom stereocenters. The van der Waals surface area contributed by atoms with E-state index in [1.54, 1.807) is 0 Å². The molecule has 1 saturated carbocycles. The van der Waals surface area contributed by atoms with Crippen LogP contribution in [0.1, 0.15) is 46.5 Å². The van der Waals surface area contributed by atoms with Crippen LogP contribution in [0.25, 0.3) is 22.2 Å². The predicted molar refractivity (Wildman–Crippen MR) is 123 cm³/mol. The Morgan fingerprint density at radius 2 is 1.91 bits per heavy atom. The maximum Gasteiger partial charge on any atom is 0.332 e. The maximum absolute atomic E-state index is 12.0. The van der Waals surface area contributed by atoms with Crippen molar-refractivity contribution in [2.24, 2.45) is 0 Å². The van der Waals surface area contributed by atoms with Gasteiger partial charge in [-0.1, -0.05) is 30.3 Å². The van der Waals surface area contributed by atoms with Crippen LogP contribution in [0.15, 0.2) is 45.7 Å². The Kier molecular flexibility index (Phi) is 6.81. The number of carbonyl (C=O) groups excluding carboxylic acids is 1. The Morgan fingerprint density at radius 3 is 2.66 bits per heavy atom. The molecular weight excluding hydrogens is 476 g/mol. The van der Waals surface area contributed by atoms with E-state index in [2.05, 4.69) is 25.9 Å². The summed E-state index contributed by atoms with van der Waals surface area (Å²) in [7, 11) is 0. The second kappa shape index (κ2) is 9.58. The summed E-state index contributed by atoms with van der Waals surface area (Å²) in [6, 6.07) is 9.92. The van der Waals surface area contributed by atoms with Gasteiger partial charge in [-0.05, 0) is 61.5 Å². The van der Waals surface area contributed by atoms with Gasteiger partial charge < -0.3 is 18.6 Å². The number of fused-ring (bicyclic) bond motifs is 1. The Balaban J connectivity index is 1.48. The van der Waals surface area contributed by atoms with Crippen molar-refractivity contribution in [1.82, 2.24) is 9.97 Å². The average Bonchev–Trinajstić information content (AvgIpc) is 3.09. The van der Waals surface area contributed by atoms with E-state index >= 15 is 0 Å². The van der Waals surface area contributed by atoms with Crippen molar-refractivity contribution in [3.05, 3.63) is 41.3 Å². The van der Waals surface area contributed by atoms with Gasteiger partial charge in [0, 0.05) is 12.0 Å². The molecule has 0 bridgehead atoms. The summed E-state index contributed by atoms with van der Waals surface area (Å²) in [5.74, 6) is 0.134. The van der Waals surface area contributed by atoms with E-state index in [-0.39, 0.29) is 24.8 Å². The standard InChI is InChI=1S/C24H27BrN2O5/c1-24(2,3)32-18(28)13-29-16-10-7-11-17(12-16)30-22-20-19(15-8-5-4-6-9-15)21(25)31-23(20)27-14-26-22/h4-6,8-9,14,16-17H,7,10-13H2,1-3H3/t16?,17-/m0/s1. The number of rotatable bonds is 6. The van der Waals surface area contributed by atoms with E-state index in [1.165, 1.54) is 6.33 Å². The van der Waals surface area contributed by atoms with Crippen LogP contribution in [0.3, 0.4) is 0 Å². The fourth-order valence-electron chi connectivity index (χ4n) is 3.91. The molecule has 0 N–H and O–H groups in total. The Morgan fingerprint density at radius 1 is 1.16 bits per heavy atom. The van der Waals surface area contributed by atoms with Crippen LogP contribution in [0, 0.1) is 0 Å². The smallest absolute Gasteiger partial charge is 0.332 e. The number of ether oxygens (including phenoxy) is 3. The molecule has 1 unspecified atom stereocenters. The zero-order chi connectivity index (χ0) is 22.7. The highest BCUT2D eigenvalue weighted by Gasteiger charge is 2.28. The van der Waals surface area contributed by atoms with Gasteiger partial charge in [0.05, 0.1) is 6.10 Å². The van der Waals surface area contributed by atoms with Gasteiger partial charge in [-0.15, -0.1) is 0 Å². The van der Waals surface area contributed by atoms with E-state index in [9.17, 15) is 4.79 Å². The van der Waals surface area contributed by atoms with Crippen LogP contribution < -0.4 is 4.74 Å². The summed E-state index contributed by atoms with van der Waals surface area (Å²) < 4.78 is 23.9. The number of benzene rings is 1. The molecule has 0 spiro atoms. The lowest BCUT2D eigenvalue weighted by atomic mass is 9.95. The number of carbonyl (C=O) groups is 1. The van der Waals surface area contributed by atoms with Gasteiger partial charge in [0.15, 0.2) is 4.67 Å². The molecule has 170 valence electrons. The van der Waals surface area contributed by atoms with Gasteiger partial charge in [0.1, 0.15) is 30.0 Å². The van der Waals surface area contributed by atoms with Crippen molar-refractivity contribution in [2.45, 2.75) is 64.3 Å². The first-order chi connectivity index (χ1) is 15.3. The molecule has 0 amide bonds. The normalized spacial score (nSPS) is 19.1. The van der Waals surface area contributed by atoms with Gasteiger partial charge >= 0.3 is 5.97 Å². The molecule has 8 heteroatoms. The molecule has 32 heavy (non-hydrogen) atoms. The molecule has 4 rings (SSSR count). The minimum atomic E-state index is -0.521. The molecule has 2 heterocycles. The lowest BCUT2D eigenvalue weighted by molar-refractivity contribution is -0.163. The second-order valence-electron chi connectivity index (χ2n) is 8.90. The second-order valence-corrected chi connectivity index (χ2v) is 9.62. The molecule has 0 saturated heterocycles. The van der Waals surface area contributed by atoms with Crippen LogP contribution in [0.5, 0.6) is 5.88 Å². The first-order valence-corrected chi connectivity index (χ1v) is 11.6. The molecule has 0 radical (unpaired) electrons. The first kappa shape index (κ1) is 22.7. The summed E-state index contributed by atoms with van der Waals surface area (Å²) in [4.78, 5) is 20.7. The van der Waals surface area contributed by atoms with Crippen molar-refractivity contribution < 1.29 is 23.4 Å². The zero-order valence-corrected chi connectivity index (χ0v) is 20.1. The van der Waals surface area contributed by atoms with Crippen molar-refractivity contribution in [3.63, 3.8) is 0 Å². The number of aromatic nitrogens is 2. The molecule has 1 aromatic carbocycles. The molecule has 1 aliphatic rings. The number of hydrogen-bond acceptors (Lipinski definition) is 7. The third kappa shape index (κ3) is 5.48. The maximum atomic E-state index is 12.0. The monoisotopic (exact) mass is 502 g/mol. The van der Waals surface area contributed by atoms with E-state index in [0.29, 0.717) is 22.7 Å². The number of hydrogen-bond donors (Lipinski definition) is 0. The third-order valence-corrected chi connectivity index (χ3v) is 5.74. The predicted octanol–water partition coefficient (Wildman–Crippen LogP) is 5.70. The van der Waals surface area contributed by atoms with Crippen molar-refractivity contribution in [2.75, 3.05) is 6.61 Å². The highest BCUT2D eigenvalue weighted by atomic mass is 79.9. The van der Waals surface area contributed by atoms with E-state index in [1.807, 2.05) is 51.1 Å². The summed E-state index contributed by atoms with van der Waals surface area (Å²) in [6.45, 7) is 5.47. The molecule has 7 nitrogen and oxygen atoms in total. The van der Waals surface area contributed by atoms with E-state index < -0.39 is 5.60 Å². The number of esters is 1. The summed E-state index contributed by atoms with van der Waals surface area (Å²) in [5.41, 5.74) is 1.80. The highest BCUT2D eigenvalue weighted by Crippen LogP contribution is 2.41. The molecule has 0 aliphatic heterocycles. The first-order valence-electron chi connectivity index (χ1n) is 10.8. The van der Waals surface area contributed by atoms with Crippen molar-refractivity contribution in [3.8, 4) is 17.0 Å². The third-order valence-electron chi connectivity index (χ3n) is 5.19. The lowest BCUT2D eigenvalue weighted by Crippen LogP contribution is -2.33. The minimum absolute atomic E-state index is 0.0563. The highest BCUT2D eigenvalue weighted by molar-refractivity contribution is 9.10. The Labute approximate surface area is 195 Å². The fraction of sp³-hybridized carbons (Fsp3) is 0.458. The van der Waals surface area contributed by atoms with Gasteiger partial charge in [-0.25, -0.2) is 14.8 Å². The van der Waals surface area contributed by atoms with Gasteiger partial charge in [0.25, 0.3) is 0 Å². The Bertz CT molecular complexity index is 1080. The molecule has 1 fully saturated rings. The van der Waals surface area contributed by atoms with Crippen LogP contribution in [0.4, 0.5) is 0 Å². The van der Waals surface area contributed by atoms with E-state index in [4.69, 9.17) is 18.6 Å². The van der Waals surface area contributed by atoms with Crippen molar-refractivity contribution >= 4 is 33.0 Å². The van der Waals surface area contributed by atoms with Gasteiger partial charge in [0.2, 0.25) is 11.6 Å². The van der Waals surface area contributed by atoms with E-state index in [0.717, 1.165) is 35.8 Å². The molecule has 1 aliphatic carbocycles. The summed E-state index contributed by atoms with van der Waals surface area (Å²) in [5, 5.41) is 0.738. The zero-order valence-electron chi connectivity index (χ0n) is 18.5. The van der Waals surface area contributed by atoms with Crippen LogP contribution in [-0.4, -0.2) is 40.4 Å². The molecule has 2 aromatic heterocycles. The van der Waals surface area contributed by atoms with Crippen molar-refractivity contribution in [1.29, 1.82) is 0 Å². The SMILES string of the molecule is CC(C)(C)OC(=O)COC1CCC[C@H](Oc2ncnc3oc(Br)c(-c4ccccc4)c23)C1. The fourth-order valence-corrected chi connectivity index (χ4v) is 4.49. The van der Waals surface area contributed by atoms with Crippen LogP contribution in [0.2, 0.25) is 0 Å². The summed E-state index contributed by atoms with van der Waals surface area (Å²) >= 11 is 3.52. The minimum Gasteiger partial charge on any atom is -0.474 e. The topological polar surface area (TPSA) is 83.7 Å². The lowest BCUT2D eigenvalue weighted by Gasteiger charge is -2.29. The quantitative estimate of drug-likeness (QED) is 0.399. The van der Waals surface area contributed by atoms with Crippen LogP contribution >= 0.6 is 15.9 Å². The largest absolute Gasteiger partial charge is 0.474 e.